The van der Waals surface area contributed by atoms with E-state index < -0.39 is 10.0 Å². The summed E-state index contributed by atoms with van der Waals surface area (Å²) in [5.41, 5.74) is 1.11. The van der Waals surface area contributed by atoms with Crippen LogP contribution in [0.15, 0.2) is 53.4 Å². The summed E-state index contributed by atoms with van der Waals surface area (Å²) in [6, 6.07) is 14.2. The molecule has 0 radical (unpaired) electrons. The third kappa shape index (κ3) is 6.24. The van der Waals surface area contributed by atoms with Gasteiger partial charge in [-0.15, -0.1) is 0 Å². The van der Waals surface area contributed by atoms with Gasteiger partial charge in [-0.3, -0.25) is 0 Å². The van der Waals surface area contributed by atoms with Crippen LogP contribution in [0.5, 0.6) is 11.5 Å². The molecule has 3 rings (SSSR count). The highest BCUT2D eigenvalue weighted by Crippen LogP contribution is 2.24. The van der Waals surface area contributed by atoms with E-state index in [-0.39, 0.29) is 4.90 Å². The normalized spacial score (nSPS) is 15.6. The summed E-state index contributed by atoms with van der Waals surface area (Å²) in [6.45, 7) is 4.03. The lowest BCUT2D eigenvalue weighted by molar-refractivity contribution is 0.100. The first kappa shape index (κ1) is 20.2. The lowest BCUT2D eigenvalue weighted by atomic mass is 10.2. The molecule has 0 aliphatic carbocycles. The quantitative estimate of drug-likeness (QED) is 0.671. The Morgan fingerprint density at radius 1 is 1.11 bits per heavy atom. The van der Waals surface area contributed by atoms with Crippen LogP contribution in [0.4, 0.5) is 0 Å². The van der Waals surface area contributed by atoms with E-state index in [4.69, 9.17) is 9.47 Å². The summed E-state index contributed by atoms with van der Waals surface area (Å²) in [5.74, 6) is 2.10. The van der Waals surface area contributed by atoms with Crippen molar-refractivity contribution in [2.75, 3.05) is 25.5 Å². The number of nitrogens with one attached hydrogen (secondary N) is 1. The summed E-state index contributed by atoms with van der Waals surface area (Å²) in [5, 5.41) is 0.571. The molecule has 1 N–H and O–H groups in total. The van der Waals surface area contributed by atoms with E-state index in [1.54, 1.807) is 24.3 Å². The van der Waals surface area contributed by atoms with Crippen molar-refractivity contribution in [3.8, 4) is 11.5 Å². The summed E-state index contributed by atoms with van der Waals surface area (Å²) >= 11 is 1.81. The minimum atomic E-state index is -3.50. The number of hydrogen-bond acceptors (Lipinski definition) is 5. The van der Waals surface area contributed by atoms with Crippen molar-refractivity contribution in [3.63, 3.8) is 0 Å². The Morgan fingerprint density at radius 2 is 1.85 bits per heavy atom. The molecule has 5 nitrogen and oxygen atoms in total. The first-order valence-electron chi connectivity index (χ1n) is 9.06. The predicted octanol–water partition coefficient (Wildman–Crippen LogP) is 3.98. The van der Waals surface area contributed by atoms with Crippen LogP contribution in [0, 0.1) is 6.92 Å². The SMILES string of the molecule is Cc1cccc(Oc2ccc(S(=O)(=O)NCCSC3CCOCC3)cc2)c1. The fourth-order valence-electron chi connectivity index (χ4n) is 2.83. The molecule has 0 atom stereocenters. The average molecular weight is 408 g/mol. The minimum Gasteiger partial charge on any atom is -0.457 e. The lowest BCUT2D eigenvalue weighted by Crippen LogP contribution is -2.27. The van der Waals surface area contributed by atoms with Crippen LogP contribution < -0.4 is 9.46 Å². The van der Waals surface area contributed by atoms with Crippen molar-refractivity contribution in [2.24, 2.45) is 0 Å². The molecule has 1 aliphatic heterocycles. The highest BCUT2D eigenvalue weighted by molar-refractivity contribution is 8.00. The minimum absolute atomic E-state index is 0.246. The molecule has 7 heteroatoms. The number of rotatable bonds is 8. The Bertz CT molecular complexity index is 831. The smallest absolute Gasteiger partial charge is 0.240 e. The second-order valence-electron chi connectivity index (χ2n) is 6.47. The van der Waals surface area contributed by atoms with Crippen LogP contribution in [0.3, 0.4) is 0 Å². The zero-order chi connectivity index (χ0) is 19.1. The maximum atomic E-state index is 12.4. The first-order chi connectivity index (χ1) is 13.0. The Balaban J connectivity index is 1.50. The number of thioether (sulfide) groups is 1. The molecular weight excluding hydrogens is 382 g/mol. The average Bonchev–Trinajstić information content (AvgIpc) is 2.67. The van der Waals surface area contributed by atoms with Crippen molar-refractivity contribution in [2.45, 2.75) is 29.9 Å². The topological polar surface area (TPSA) is 64.6 Å². The van der Waals surface area contributed by atoms with Gasteiger partial charge in [-0.05, 0) is 61.7 Å². The summed E-state index contributed by atoms with van der Waals surface area (Å²) in [4.78, 5) is 0.246. The molecule has 146 valence electrons. The summed E-state index contributed by atoms with van der Waals surface area (Å²) in [6.07, 6.45) is 2.08. The highest BCUT2D eigenvalue weighted by atomic mass is 32.2. The Labute approximate surface area is 165 Å². The van der Waals surface area contributed by atoms with Gasteiger partial charge in [0.1, 0.15) is 11.5 Å². The van der Waals surface area contributed by atoms with Gasteiger partial charge >= 0.3 is 0 Å². The van der Waals surface area contributed by atoms with Gasteiger partial charge in [0.15, 0.2) is 0 Å². The van der Waals surface area contributed by atoms with Crippen LogP contribution in [0.1, 0.15) is 18.4 Å². The number of aryl methyl sites for hydroxylation is 1. The Hall–Kier alpha value is -1.54. The molecule has 1 heterocycles. The molecule has 0 aromatic heterocycles. The van der Waals surface area contributed by atoms with Crippen LogP contribution in [-0.4, -0.2) is 39.2 Å². The van der Waals surface area contributed by atoms with Crippen molar-refractivity contribution in [3.05, 3.63) is 54.1 Å². The fraction of sp³-hybridized carbons (Fsp3) is 0.400. The number of benzene rings is 2. The molecule has 0 amide bonds. The Kier molecular flexibility index (Phi) is 7.18. The van der Waals surface area contributed by atoms with Gasteiger partial charge in [-0.2, -0.15) is 11.8 Å². The number of hydrogen-bond donors (Lipinski definition) is 1. The first-order valence-corrected chi connectivity index (χ1v) is 11.6. The van der Waals surface area contributed by atoms with Gasteiger partial charge in [-0.1, -0.05) is 12.1 Å². The second-order valence-corrected chi connectivity index (χ2v) is 9.65. The van der Waals surface area contributed by atoms with Crippen molar-refractivity contribution >= 4 is 21.8 Å². The molecule has 0 saturated carbocycles. The predicted molar refractivity (Wildman–Crippen MR) is 109 cm³/mol. The molecule has 2 aromatic rings. The van der Waals surface area contributed by atoms with Crippen molar-refractivity contribution in [1.29, 1.82) is 0 Å². The molecule has 1 saturated heterocycles. The second kappa shape index (κ2) is 9.59. The van der Waals surface area contributed by atoms with Crippen molar-refractivity contribution < 1.29 is 17.9 Å². The Morgan fingerprint density at radius 3 is 2.56 bits per heavy atom. The third-order valence-corrected chi connectivity index (χ3v) is 7.13. The monoisotopic (exact) mass is 407 g/mol. The fourth-order valence-corrected chi connectivity index (χ4v) is 5.07. The van der Waals surface area contributed by atoms with Gasteiger partial charge in [0.25, 0.3) is 0 Å². The summed E-state index contributed by atoms with van der Waals surface area (Å²) < 4.78 is 38.6. The van der Waals surface area contributed by atoms with E-state index in [1.807, 2.05) is 43.0 Å². The van der Waals surface area contributed by atoms with Gasteiger partial charge in [0.2, 0.25) is 10.0 Å². The zero-order valence-electron chi connectivity index (χ0n) is 15.4. The van der Waals surface area contributed by atoms with Gasteiger partial charge in [0, 0.05) is 30.8 Å². The van der Waals surface area contributed by atoms with Gasteiger partial charge in [-0.25, -0.2) is 13.1 Å². The molecule has 0 spiro atoms. The molecule has 27 heavy (non-hydrogen) atoms. The van der Waals surface area contributed by atoms with Gasteiger partial charge in [0.05, 0.1) is 4.90 Å². The third-order valence-electron chi connectivity index (χ3n) is 4.28. The highest BCUT2D eigenvalue weighted by Gasteiger charge is 2.16. The maximum absolute atomic E-state index is 12.4. The maximum Gasteiger partial charge on any atom is 0.240 e. The molecule has 1 fully saturated rings. The van der Waals surface area contributed by atoms with E-state index >= 15 is 0 Å². The van der Waals surface area contributed by atoms with Crippen LogP contribution >= 0.6 is 11.8 Å². The number of sulfonamides is 1. The van der Waals surface area contributed by atoms with E-state index in [1.165, 1.54) is 0 Å². The van der Waals surface area contributed by atoms with E-state index in [0.717, 1.165) is 43.1 Å². The van der Waals surface area contributed by atoms with Crippen LogP contribution in [0.2, 0.25) is 0 Å². The molecular formula is C20H25NO4S2. The standard InChI is InChI=1S/C20H25NO4S2/c1-16-3-2-4-18(15-16)25-17-5-7-20(8-6-17)27(22,23)21-11-14-26-19-9-12-24-13-10-19/h2-8,15,19,21H,9-14H2,1H3. The molecule has 1 aliphatic rings. The molecule has 0 unspecified atom stereocenters. The van der Waals surface area contributed by atoms with E-state index in [9.17, 15) is 8.42 Å². The van der Waals surface area contributed by atoms with E-state index in [2.05, 4.69) is 4.72 Å². The molecule has 0 bridgehead atoms. The zero-order valence-corrected chi connectivity index (χ0v) is 17.0. The lowest BCUT2D eigenvalue weighted by Gasteiger charge is -2.21. The van der Waals surface area contributed by atoms with Crippen LogP contribution in [0.25, 0.3) is 0 Å². The molecule has 2 aromatic carbocycles. The van der Waals surface area contributed by atoms with Crippen LogP contribution in [-0.2, 0) is 14.8 Å². The largest absolute Gasteiger partial charge is 0.457 e. The number of ether oxygens (including phenoxy) is 2. The van der Waals surface area contributed by atoms with Gasteiger partial charge < -0.3 is 9.47 Å². The van der Waals surface area contributed by atoms with E-state index in [0.29, 0.717) is 17.5 Å². The summed E-state index contributed by atoms with van der Waals surface area (Å²) in [7, 11) is -3.50. The van der Waals surface area contributed by atoms with Crippen molar-refractivity contribution in [1.82, 2.24) is 4.72 Å².